The molecule has 1 aromatic rings. The van der Waals surface area contributed by atoms with Crippen LogP contribution >= 0.6 is 12.4 Å². The smallest absolute Gasteiger partial charge is 0.238 e. The highest BCUT2D eigenvalue weighted by atomic mass is 35.5. The molecule has 2 rings (SSSR count). The molecule has 1 aromatic carbocycles. The average molecular weight is 376 g/mol. The fraction of sp³-hybridized carbons (Fsp3) is 0.562. The van der Waals surface area contributed by atoms with Crippen molar-refractivity contribution < 1.29 is 13.2 Å². The molecule has 0 spiro atoms. The van der Waals surface area contributed by atoms with Crippen LogP contribution < -0.4 is 16.2 Å². The minimum atomic E-state index is -3.69. The standard InChI is InChI=1S/C16H25N3O3S.ClH/c1-11(12-6-8-14(9-7-12)23(18,21)22)19-16(20)10-13-4-2-3-5-15(13)17;/h6-9,11,13,15H,2-5,10,17H2,1H3,(H,19,20)(H2,18,21,22);1H. The molecule has 24 heavy (non-hydrogen) atoms. The molecule has 5 N–H and O–H groups in total. The van der Waals surface area contributed by atoms with Gasteiger partial charge in [-0.3, -0.25) is 4.79 Å². The lowest BCUT2D eigenvalue weighted by atomic mass is 9.83. The molecule has 0 bridgehead atoms. The third kappa shape index (κ3) is 5.73. The lowest BCUT2D eigenvalue weighted by Gasteiger charge is -2.28. The summed E-state index contributed by atoms with van der Waals surface area (Å²) in [5.74, 6) is 0.232. The van der Waals surface area contributed by atoms with Crippen LogP contribution in [-0.2, 0) is 14.8 Å². The summed E-state index contributed by atoms with van der Waals surface area (Å²) >= 11 is 0. The maximum absolute atomic E-state index is 12.2. The summed E-state index contributed by atoms with van der Waals surface area (Å²) in [4.78, 5) is 12.2. The van der Waals surface area contributed by atoms with E-state index in [1.165, 1.54) is 12.1 Å². The van der Waals surface area contributed by atoms with Crippen molar-refractivity contribution in [3.63, 3.8) is 0 Å². The molecule has 0 aliphatic heterocycles. The number of nitrogens with one attached hydrogen (secondary N) is 1. The van der Waals surface area contributed by atoms with Gasteiger partial charge in [-0.2, -0.15) is 0 Å². The maximum atomic E-state index is 12.2. The molecule has 1 fully saturated rings. The van der Waals surface area contributed by atoms with E-state index >= 15 is 0 Å². The lowest BCUT2D eigenvalue weighted by molar-refractivity contribution is -0.123. The van der Waals surface area contributed by atoms with Crippen molar-refractivity contribution in [3.8, 4) is 0 Å². The number of rotatable bonds is 5. The van der Waals surface area contributed by atoms with E-state index in [0.717, 1.165) is 31.2 Å². The predicted molar refractivity (Wildman–Crippen MR) is 96.2 cm³/mol. The molecule has 3 unspecified atom stereocenters. The summed E-state index contributed by atoms with van der Waals surface area (Å²) < 4.78 is 22.5. The monoisotopic (exact) mass is 375 g/mol. The van der Waals surface area contributed by atoms with Crippen molar-refractivity contribution in [1.82, 2.24) is 5.32 Å². The van der Waals surface area contributed by atoms with E-state index in [1.54, 1.807) is 12.1 Å². The van der Waals surface area contributed by atoms with E-state index in [1.807, 2.05) is 6.92 Å². The van der Waals surface area contributed by atoms with E-state index in [-0.39, 0.29) is 41.2 Å². The maximum Gasteiger partial charge on any atom is 0.238 e. The van der Waals surface area contributed by atoms with Crippen LogP contribution in [0, 0.1) is 5.92 Å². The summed E-state index contributed by atoms with van der Waals surface area (Å²) in [6, 6.07) is 6.14. The third-order valence-electron chi connectivity index (χ3n) is 4.50. The molecule has 136 valence electrons. The first kappa shape index (κ1) is 20.9. The van der Waals surface area contributed by atoms with Crippen LogP contribution in [-0.4, -0.2) is 20.4 Å². The summed E-state index contributed by atoms with van der Waals surface area (Å²) in [5.41, 5.74) is 6.91. The van der Waals surface area contributed by atoms with Gasteiger partial charge in [0.05, 0.1) is 10.9 Å². The normalized spacial score (nSPS) is 22.3. The molecular formula is C16H26ClN3O3S. The fourth-order valence-corrected chi connectivity index (χ4v) is 3.57. The van der Waals surface area contributed by atoms with E-state index in [9.17, 15) is 13.2 Å². The van der Waals surface area contributed by atoms with Gasteiger partial charge in [-0.25, -0.2) is 13.6 Å². The van der Waals surface area contributed by atoms with E-state index < -0.39 is 10.0 Å². The molecule has 1 amide bonds. The fourth-order valence-electron chi connectivity index (χ4n) is 3.06. The van der Waals surface area contributed by atoms with Crippen molar-refractivity contribution in [2.75, 3.05) is 0 Å². The quantitative estimate of drug-likeness (QED) is 0.728. The van der Waals surface area contributed by atoms with Gasteiger partial charge in [0.1, 0.15) is 0 Å². The topological polar surface area (TPSA) is 115 Å². The van der Waals surface area contributed by atoms with Crippen LogP contribution in [0.5, 0.6) is 0 Å². The van der Waals surface area contributed by atoms with Gasteiger partial charge in [0.2, 0.25) is 15.9 Å². The van der Waals surface area contributed by atoms with Gasteiger partial charge >= 0.3 is 0 Å². The van der Waals surface area contributed by atoms with Crippen LogP contribution in [0.4, 0.5) is 0 Å². The van der Waals surface area contributed by atoms with Crippen molar-refractivity contribution >= 4 is 28.3 Å². The number of hydrogen-bond donors (Lipinski definition) is 3. The van der Waals surface area contributed by atoms with Crippen LogP contribution in [0.2, 0.25) is 0 Å². The first-order valence-electron chi connectivity index (χ1n) is 7.95. The zero-order chi connectivity index (χ0) is 17.0. The second kappa shape index (κ2) is 8.80. The second-order valence-electron chi connectivity index (χ2n) is 6.32. The molecule has 0 saturated heterocycles. The van der Waals surface area contributed by atoms with Gasteiger partial charge in [-0.15, -0.1) is 12.4 Å². The van der Waals surface area contributed by atoms with Crippen LogP contribution in [0.25, 0.3) is 0 Å². The lowest BCUT2D eigenvalue weighted by Crippen LogP contribution is -2.37. The van der Waals surface area contributed by atoms with E-state index in [2.05, 4.69) is 5.32 Å². The van der Waals surface area contributed by atoms with Crippen molar-refractivity contribution in [2.45, 2.75) is 56.0 Å². The highest BCUT2D eigenvalue weighted by molar-refractivity contribution is 7.89. The van der Waals surface area contributed by atoms with E-state index in [0.29, 0.717) is 6.42 Å². The number of halogens is 1. The van der Waals surface area contributed by atoms with Gasteiger partial charge in [0, 0.05) is 12.5 Å². The number of amides is 1. The van der Waals surface area contributed by atoms with Crippen LogP contribution in [0.1, 0.15) is 50.6 Å². The average Bonchev–Trinajstić information content (AvgIpc) is 2.49. The Morgan fingerprint density at radius 1 is 1.25 bits per heavy atom. The van der Waals surface area contributed by atoms with Crippen LogP contribution in [0.15, 0.2) is 29.2 Å². The molecule has 6 nitrogen and oxygen atoms in total. The zero-order valence-corrected chi connectivity index (χ0v) is 15.4. The Morgan fingerprint density at radius 2 is 1.83 bits per heavy atom. The molecular weight excluding hydrogens is 350 g/mol. The van der Waals surface area contributed by atoms with Gasteiger partial charge in [-0.1, -0.05) is 25.0 Å². The van der Waals surface area contributed by atoms with Crippen LogP contribution in [0.3, 0.4) is 0 Å². The Kier molecular flexibility index (Phi) is 7.66. The van der Waals surface area contributed by atoms with Gasteiger partial charge in [0.25, 0.3) is 0 Å². The Hall–Kier alpha value is -1.15. The van der Waals surface area contributed by atoms with Gasteiger partial charge in [-0.05, 0) is 43.4 Å². The van der Waals surface area contributed by atoms with Gasteiger partial charge in [0.15, 0.2) is 0 Å². The SMILES string of the molecule is CC(NC(=O)CC1CCCCC1N)c1ccc(S(N)(=O)=O)cc1.Cl. The minimum absolute atomic E-state index is 0. The highest BCUT2D eigenvalue weighted by Crippen LogP contribution is 2.26. The number of nitrogens with two attached hydrogens (primary N) is 2. The number of carbonyl (C=O) groups excluding carboxylic acids is 1. The Bertz CT molecular complexity index is 649. The molecule has 1 saturated carbocycles. The highest BCUT2D eigenvalue weighted by Gasteiger charge is 2.24. The summed E-state index contributed by atoms with van der Waals surface area (Å²) in [6.45, 7) is 1.87. The second-order valence-corrected chi connectivity index (χ2v) is 7.88. The van der Waals surface area contributed by atoms with Gasteiger partial charge < -0.3 is 11.1 Å². The summed E-state index contributed by atoms with van der Waals surface area (Å²) in [5, 5.41) is 8.02. The van der Waals surface area contributed by atoms with Crippen molar-refractivity contribution in [3.05, 3.63) is 29.8 Å². The number of benzene rings is 1. The molecule has 0 aromatic heterocycles. The summed E-state index contributed by atoms with van der Waals surface area (Å²) in [6.07, 6.45) is 4.72. The molecule has 0 heterocycles. The Balaban J connectivity index is 0.00000288. The zero-order valence-electron chi connectivity index (χ0n) is 13.8. The van der Waals surface area contributed by atoms with Crippen molar-refractivity contribution in [2.24, 2.45) is 16.8 Å². The molecule has 0 radical (unpaired) electrons. The summed E-state index contributed by atoms with van der Waals surface area (Å²) in [7, 11) is -3.69. The predicted octanol–water partition coefficient (Wildman–Crippen LogP) is 1.84. The number of carbonyl (C=O) groups is 1. The molecule has 1 aliphatic rings. The van der Waals surface area contributed by atoms with E-state index in [4.69, 9.17) is 10.9 Å². The molecule has 8 heteroatoms. The Morgan fingerprint density at radius 3 is 2.38 bits per heavy atom. The number of hydrogen-bond acceptors (Lipinski definition) is 4. The Labute approximate surface area is 149 Å². The first-order chi connectivity index (χ1) is 10.8. The number of sulfonamides is 1. The number of primary sulfonamides is 1. The largest absolute Gasteiger partial charge is 0.350 e. The molecule has 3 atom stereocenters. The third-order valence-corrected chi connectivity index (χ3v) is 5.43. The van der Waals surface area contributed by atoms with Crippen molar-refractivity contribution in [1.29, 1.82) is 0 Å². The first-order valence-corrected chi connectivity index (χ1v) is 9.49. The molecule has 1 aliphatic carbocycles. The minimum Gasteiger partial charge on any atom is -0.350 e.